The lowest BCUT2D eigenvalue weighted by Gasteiger charge is -2.27. The summed E-state index contributed by atoms with van der Waals surface area (Å²) in [6.45, 7) is 0. The van der Waals surface area contributed by atoms with Crippen LogP contribution in [0.15, 0.2) is 12.2 Å². The largest absolute Gasteiger partial charge is 0.389 e. The molecule has 1 N–H and O–H groups in total. The maximum absolute atomic E-state index is 10.1. The maximum Gasteiger partial charge on any atom is 0.0710 e. The highest BCUT2D eigenvalue weighted by Gasteiger charge is 2.39. The van der Waals surface area contributed by atoms with Gasteiger partial charge in [0.1, 0.15) is 0 Å². The standard InChI is InChI=1S/C10H16O/c11-10-7-3-1-2-5-9(10)6-4-8-10/h1,3,9,11H,2,4-8H2/t9-,10+/m0/s1. The Bertz CT molecular complexity index is 174. The van der Waals surface area contributed by atoms with Crippen LogP contribution in [0.2, 0.25) is 0 Å². The van der Waals surface area contributed by atoms with E-state index in [1.54, 1.807) is 0 Å². The second-order valence-electron chi connectivity index (χ2n) is 3.95. The van der Waals surface area contributed by atoms with Crippen molar-refractivity contribution >= 4 is 0 Å². The number of hydrogen-bond donors (Lipinski definition) is 1. The first-order chi connectivity index (χ1) is 5.31. The molecule has 0 heterocycles. The molecule has 0 aromatic heterocycles. The Hall–Kier alpha value is -0.300. The van der Waals surface area contributed by atoms with Crippen molar-refractivity contribution in [3.63, 3.8) is 0 Å². The molecule has 1 saturated carbocycles. The van der Waals surface area contributed by atoms with E-state index in [0.717, 1.165) is 12.8 Å². The number of allylic oxidation sites excluding steroid dienone is 1. The van der Waals surface area contributed by atoms with E-state index in [1.807, 2.05) is 0 Å². The van der Waals surface area contributed by atoms with E-state index in [9.17, 15) is 5.11 Å². The summed E-state index contributed by atoms with van der Waals surface area (Å²) in [4.78, 5) is 0. The quantitative estimate of drug-likeness (QED) is 0.528. The molecule has 0 spiro atoms. The van der Waals surface area contributed by atoms with Crippen LogP contribution in [0.1, 0.15) is 38.5 Å². The molecule has 0 aromatic carbocycles. The first kappa shape index (κ1) is 7.35. The molecule has 0 bridgehead atoms. The minimum atomic E-state index is -0.312. The predicted molar refractivity (Wildman–Crippen MR) is 45.3 cm³/mol. The van der Waals surface area contributed by atoms with Crippen LogP contribution in [0, 0.1) is 5.92 Å². The van der Waals surface area contributed by atoms with Crippen molar-refractivity contribution in [3.8, 4) is 0 Å². The minimum absolute atomic E-state index is 0.312. The van der Waals surface area contributed by atoms with Crippen LogP contribution in [0.25, 0.3) is 0 Å². The molecule has 0 aliphatic heterocycles. The van der Waals surface area contributed by atoms with Crippen molar-refractivity contribution in [2.45, 2.75) is 44.1 Å². The van der Waals surface area contributed by atoms with Crippen LogP contribution in [0.3, 0.4) is 0 Å². The van der Waals surface area contributed by atoms with E-state index in [2.05, 4.69) is 12.2 Å². The zero-order valence-electron chi connectivity index (χ0n) is 6.92. The van der Waals surface area contributed by atoms with Crippen molar-refractivity contribution < 1.29 is 5.11 Å². The number of fused-ring (bicyclic) bond motifs is 1. The molecule has 0 radical (unpaired) electrons. The second kappa shape index (κ2) is 2.63. The molecule has 2 atom stereocenters. The lowest BCUT2D eigenvalue weighted by atomic mass is 9.86. The van der Waals surface area contributed by atoms with Gasteiger partial charge in [-0.05, 0) is 38.0 Å². The molecule has 62 valence electrons. The van der Waals surface area contributed by atoms with Crippen LogP contribution in [0.5, 0.6) is 0 Å². The Morgan fingerprint density at radius 1 is 1.27 bits per heavy atom. The van der Waals surface area contributed by atoms with E-state index in [1.165, 1.54) is 25.7 Å². The van der Waals surface area contributed by atoms with Gasteiger partial charge in [0.25, 0.3) is 0 Å². The minimum Gasteiger partial charge on any atom is -0.389 e. The molecule has 11 heavy (non-hydrogen) atoms. The van der Waals surface area contributed by atoms with Gasteiger partial charge in [0.15, 0.2) is 0 Å². The van der Waals surface area contributed by atoms with Gasteiger partial charge in [0, 0.05) is 0 Å². The van der Waals surface area contributed by atoms with Crippen LogP contribution in [0.4, 0.5) is 0 Å². The Kier molecular flexibility index (Phi) is 1.76. The molecule has 0 unspecified atom stereocenters. The molecule has 2 aliphatic carbocycles. The molecule has 1 fully saturated rings. The third-order valence-corrected chi connectivity index (χ3v) is 3.24. The predicted octanol–water partition coefficient (Wildman–Crippen LogP) is 2.26. The SMILES string of the molecule is O[C@@]12CC=CCC[C@H]1CCC2. The van der Waals surface area contributed by atoms with Crippen molar-refractivity contribution in [1.29, 1.82) is 0 Å². The van der Waals surface area contributed by atoms with Gasteiger partial charge in [0.2, 0.25) is 0 Å². The third kappa shape index (κ3) is 1.22. The van der Waals surface area contributed by atoms with Crippen molar-refractivity contribution in [2.75, 3.05) is 0 Å². The van der Waals surface area contributed by atoms with Crippen LogP contribution in [-0.2, 0) is 0 Å². The van der Waals surface area contributed by atoms with Crippen LogP contribution in [-0.4, -0.2) is 10.7 Å². The Labute approximate surface area is 68.1 Å². The highest BCUT2D eigenvalue weighted by atomic mass is 16.3. The summed E-state index contributed by atoms with van der Waals surface area (Å²) in [5.74, 6) is 0.595. The molecule has 1 heteroatoms. The number of rotatable bonds is 0. The molecule has 2 aliphatic rings. The molecular weight excluding hydrogens is 136 g/mol. The fraction of sp³-hybridized carbons (Fsp3) is 0.800. The fourth-order valence-corrected chi connectivity index (χ4v) is 2.51. The monoisotopic (exact) mass is 152 g/mol. The lowest BCUT2D eigenvalue weighted by molar-refractivity contribution is 0.00468. The van der Waals surface area contributed by atoms with Crippen molar-refractivity contribution in [1.82, 2.24) is 0 Å². The van der Waals surface area contributed by atoms with E-state index in [0.29, 0.717) is 5.92 Å². The maximum atomic E-state index is 10.1. The molecule has 2 rings (SSSR count). The van der Waals surface area contributed by atoms with Crippen LogP contribution < -0.4 is 0 Å². The van der Waals surface area contributed by atoms with E-state index < -0.39 is 0 Å². The molecule has 0 aromatic rings. The normalized spacial score (nSPS) is 43.5. The summed E-state index contributed by atoms with van der Waals surface area (Å²) in [6, 6.07) is 0. The van der Waals surface area contributed by atoms with Gasteiger partial charge in [-0.2, -0.15) is 0 Å². The van der Waals surface area contributed by atoms with Gasteiger partial charge in [-0.15, -0.1) is 0 Å². The zero-order valence-corrected chi connectivity index (χ0v) is 6.92. The molecule has 1 nitrogen and oxygen atoms in total. The van der Waals surface area contributed by atoms with Gasteiger partial charge in [0.05, 0.1) is 5.60 Å². The zero-order chi connectivity index (χ0) is 7.73. The number of hydrogen-bond acceptors (Lipinski definition) is 1. The van der Waals surface area contributed by atoms with Gasteiger partial charge < -0.3 is 5.11 Å². The first-order valence-electron chi connectivity index (χ1n) is 4.69. The summed E-state index contributed by atoms with van der Waals surface area (Å²) in [6.07, 6.45) is 11.2. The Morgan fingerprint density at radius 2 is 2.18 bits per heavy atom. The molecular formula is C10H16O. The van der Waals surface area contributed by atoms with E-state index >= 15 is 0 Å². The third-order valence-electron chi connectivity index (χ3n) is 3.24. The number of aliphatic hydroxyl groups is 1. The topological polar surface area (TPSA) is 20.2 Å². The summed E-state index contributed by atoms with van der Waals surface area (Å²) < 4.78 is 0. The van der Waals surface area contributed by atoms with E-state index in [-0.39, 0.29) is 5.60 Å². The van der Waals surface area contributed by atoms with Gasteiger partial charge in [-0.1, -0.05) is 18.6 Å². The van der Waals surface area contributed by atoms with Gasteiger partial charge in [-0.25, -0.2) is 0 Å². The highest BCUT2D eigenvalue weighted by molar-refractivity contribution is 5.02. The molecule has 0 amide bonds. The fourth-order valence-electron chi connectivity index (χ4n) is 2.51. The average Bonchev–Trinajstić information content (AvgIpc) is 2.24. The van der Waals surface area contributed by atoms with Crippen LogP contribution >= 0.6 is 0 Å². The first-order valence-corrected chi connectivity index (χ1v) is 4.69. The summed E-state index contributed by atoms with van der Waals surface area (Å²) >= 11 is 0. The van der Waals surface area contributed by atoms with E-state index in [4.69, 9.17) is 0 Å². The Morgan fingerprint density at radius 3 is 3.09 bits per heavy atom. The summed E-state index contributed by atoms with van der Waals surface area (Å²) in [7, 11) is 0. The van der Waals surface area contributed by atoms with Crippen molar-refractivity contribution in [2.24, 2.45) is 5.92 Å². The van der Waals surface area contributed by atoms with Gasteiger partial charge >= 0.3 is 0 Å². The smallest absolute Gasteiger partial charge is 0.0710 e. The molecule has 0 saturated heterocycles. The summed E-state index contributed by atoms with van der Waals surface area (Å²) in [5.41, 5.74) is -0.312. The Balaban J connectivity index is 2.15. The average molecular weight is 152 g/mol. The highest BCUT2D eigenvalue weighted by Crippen LogP contribution is 2.42. The van der Waals surface area contributed by atoms with Crippen molar-refractivity contribution in [3.05, 3.63) is 12.2 Å². The lowest BCUT2D eigenvalue weighted by Crippen LogP contribution is -2.31. The summed E-state index contributed by atoms with van der Waals surface area (Å²) in [5, 5.41) is 10.1. The second-order valence-corrected chi connectivity index (χ2v) is 3.95. The van der Waals surface area contributed by atoms with Gasteiger partial charge in [-0.3, -0.25) is 0 Å².